The van der Waals surface area contributed by atoms with Crippen molar-refractivity contribution in [2.24, 2.45) is 5.73 Å². The van der Waals surface area contributed by atoms with E-state index in [0.717, 1.165) is 22.9 Å². The zero-order valence-electron chi connectivity index (χ0n) is 9.74. The molecular formula is C13H15ClN2S. The van der Waals surface area contributed by atoms with Crippen LogP contribution in [0.1, 0.15) is 21.0 Å². The van der Waals surface area contributed by atoms with Gasteiger partial charge in [0.25, 0.3) is 0 Å². The summed E-state index contributed by atoms with van der Waals surface area (Å²) in [6.07, 6.45) is 3.70. The van der Waals surface area contributed by atoms with Crippen molar-refractivity contribution in [3.05, 3.63) is 50.4 Å². The Bertz CT molecular complexity index is 508. The largest absolute Gasteiger partial charge is 0.330 e. The van der Waals surface area contributed by atoms with E-state index in [-0.39, 0.29) is 0 Å². The molecule has 17 heavy (non-hydrogen) atoms. The first kappa shape index (κ1) is 12.6. The van der Waals surface area contributed by atoms with Crippen LogP contribution in [0.25, 0.3) is 0 Å². The second kappa shape index (κ2) is 5.63. The molecule has 0 aliphatic rings. The topological polar surface area (TPSA) is 38.9 Å². The molecule has 2 aromatic rings. The van der Waals surface area contributed by atoms with Crippen LogP contribution in [0.2, 0.25) is 5.02 Å². The Morgan fingerprint density at radius 1 is 1.41 bits per heavy atom. The minimum atomic E-state index is 0.656. The summed E-state index contributed by atoms with van der Waals surface area (Å²) in [6.45, 7) is 2.76. The van der Waals surface area contributed by atoms with Crippen LogP contribution in [-0.4, -0.2) is 11.5 Å². The Labute approximate surface area is 110 Å². The molecule has 1 aromatic heterocycles. The van der Waals surface area contributed by atoms with Gasteiger partial charge in [-0.3, -0.25) is 0 Å². The summed E-state index contributed by atoms with van der Waals surface area (Å²) in [6, 6.07) is 6.01. The Hall–Kier alpha value is -0.900. The van der Waals surface area contributed by atoms with Gasteiger partial charge in [-0.1, -0.05) is 17.7 Å². The predicted octanol–water partition coefficient (Wildman–Crippen LogP) is 3.20. The van der Waals surface area contributed by atoms with Gasteiger partial charge < -0.3 is 5.73 Å². The molecule has 2 nitrogen and oxygen atoms in total. The molecular weight excluding hydrogens is 252 g/mol. The summed E-state index contributed by atoms with van der Waals surface area (Å²) >= 11 is 7.74. The molecule has 0 aliphatic carbocycles. The number of aryl methyl sites for hydroxylation is 1. The van der Waals surface area contributed by atoms with E-state index in [1.807, 2.05) is 18.3 Å². The molecule has 0 spiro atoms. The lowest BCUT2D eigenvalue weighted by atomic mass is 10.1. The van der Waals surface area contributed by atoms with E-state index in [2.05, 4.69) is 18.0 Å². The monoisotopic (exact) mass is 266 g/mol. The van der Waals surface area contributed by atoms with Crippen LogP contribution in [0.5, 0.6) is 0 Å². The summed E-state index contributed by atoms with van der Waals surface area (Å²) < 4.78 is 0. The predicted molar refractivity (Wildman–Crippen MR) is 73.9 cm³/mol. The molecule has 2 N–H and O–H groups in total. The summed E-state index contributed by atoms with van der Waals surface area (Å²) in [7, 11) is 0. The maximum absolute atomic E-state index is 6.01. The van der Waals surface area contributed by atoms with Gasteiger partial charge in [0, 0.05) is 28.9 Å². The normalized spacial score (nSPS) is 10.8. The maximum atomic E-state index is 6.01. The van der Waals surface area contributed by atoms with Crippen LogP contribution in [-0.2, 0) is 12.8 Å². The number of benzene rings is 1. The number of rotatable bonds is 4. The number of halogens is 1. The summed E-state index contributed by atoms with van der Waals surface area (Å²) in [5.41, 5.74) is 8.05. The molecule has 4 heteroatoms. The van der Waals surface area contributed by atoms with Crippen molar-refractivity contribution in [1.82, 2.24) is 4.98 Å². The summed E-state index contributed by atoms with van der Waals surface area (Å²) in [4.78, 5) is 5.62. The maximum Gasteiger partial charge on any atom is 0.0940 e. The van der Waals surface area contributed by atoms with Crippen molar-refractivity contribution in [1.29, 1.82) is 0 Å². The highest BCUT2D eigenvalue weighted by Gasteiger charge is 2.05. The van der Waals surface area contributed by atoms with E-state index in [1.54, 1.807) is 11.3 Å². The summed E-state index contributed by atoms with van der Waals surface area (Å²) in [5.74, 6) is 0. The van der Waals surface area contributed by atoms with E-state index >= 15 is 0 Å². The molecule has 0 saturated heterocycles. The fourth-order valence-corrected chi connectivity index (χ4v) is 2.84. The number of hydrogen-bond donors (Lipinski definition) is 1. The molecule has 90 valence electrons. The summed E-state index contributed by atoms with van der Waals surface area (Å²) in [5, 5.41) is 1.90. The van der Waals surface area contributed by atoms with Gasteiger partial charge in [0.1, 0.15) is 0 Å². The minimum Gasteiger partial charge on any atom is -0.330 e. The van der Waals surface area contributed by atoms with Gasteiger partial charge in [-0.25, -0.2) is 4.98 Å². The molecule has 2 rings (SSSR count). The third kappa shape index (κ3) is 3.28. The van der Waals surface area contributed by atoms with E-state index in [9.17, 15) is 0 Å². The Morgan fingerprint density at radius 2 is 2.24 bits per heavy atom. The Morgan fingerprint density at radius 3 is 3.00 bits per heavy atom. The highest BCUT2D eigenvalue weighted by molar-refractivity contribution is 7.11. The highest BCUT2D eigenvalue weighted by Crippen LogP contribution is 2.22. The first-order valence-corrected chi connectivity index (χ1v) is 6.77. The average molecular weight is 267 g/mol. The van der Waals surface area contributed by atoms with Crippen molar-refractivity contribution in [2.75, 3.05) is 6.54 Å². The highest BCUT2D eigenvalue weighted by atomic mass is 35.5. The van der Waals surface area contributed by atoms with Crippen molar-refractivity contribution >= 4 is 22.9 Å². The quantitative estimate of drug-likeness (QED) is 0.923. The lowest BCUT2D eigenvalue weighted by Gasteiger charge is -2.04. The first-order chi connectivity index (χ1) is 8.19. The molecule has 1 aromatic carbocycles. The molecule has 0 amide bonds. The SMILES string of the molecule is Cc1ccc(Cl)cc1Cc1cnc(CCN)s1. The van der Waals surface area contributed by atoms with Gasteiger partial charge in [-0.15, -0.1) is 11.3 Å². The number of thiazole rings is 1. The number of hydrogen-bond acceptors (Lipinski definition) is 3. The zero-order chi connectivity index (χ0) is 12.3. The van der Waals surface area contributed by atoms with Crippen LogP contribution < -0.4 is 5.73 Å². The third-order valence-corrected chi connectivity index (χ3v) is 3.93. The smallest absolute Gasteiger partial charge is 0.0940 e. The Kier molecular flexibility index (Phi) is 4.15. The molecule has 0 radical (unpaired) electrons. The van der Waals surface area contributed by atoms with Gasteiger partial charge in [-0.05, 0) is 36.7 Å². The minimum absolute atomic E-state index is 0.656. The zero-order valence-corrected chi connectivity index (χ0v) is 11.3. The first-order valence-electron chi connectivity index (χ1n) is 5.57. The van der Waals surface area contributed by atoms with Gasteiger partial charge in [0.15, 0.2) is 0 Å². The van der Waals surface area contributed by atoms with Crippen molar-refractivity contribution in [3.63, 3.8) is 0 Å². The number of aromatic nitrogens is 1. The fourth-order valence-electron chi connectivity index (χ4n) is 1.69. The lowest BCUT2D eigenvalue weighted by molar-refractivity contribution is 0.952. The van der Waals surface area contributed by atoms with E-state index in [0.29, 0.717) is 6.54 Å². The molecule has 1 heterocycles. The average Bonchev–Trinajstić information content (AvgIpc) is 2.72. The van der Waals surface area contributed by atoms with E-state index < -0.39 is 0 Å². The molecule has 0 fully saturated rings. The number of nitrogens with zero attached hydrogens (tertiary/aromatic N) is 1. The van der Waals surface area contributed by atoms with Crippen molar-refractivity contribution < 1.29 is 0 Å². The van der Waals surface area contributed by atoms with E-state index in [1.165, 1.54) is 16.0 Å². The fraction of sp³-hybridized carbons (Fsp3) is 0.308. The van der Waals surface area contributed by atoms with Crippen molar-refractivity contribution in [2.45, 2.75) is 19.8 Å². The van der Waals surface area contributed by atoms with E-state index in [4.69, 9.17) is 17.3 Å². The van der Waals surface area contributed by atoms with Gasteiger partial charge in [0.2, 0.25) is 0 Å². The van der Waals surface area contributed by atoms with Gasteiger partial charge in [-0.2, -0.15) is 0 Å². The van der Waals surface area contributed by atoms with Crippen LogP contribution in [0.15, 0.2) is 24.4 Å². The molecule has 0 bridgehead atoms. The number of nitrogens with two attached hydrogens (primary N) is 1. The molecule has 0 unspecified atom stereocenters. The van der Waals surface area contributed by atoms with Gasteiger partial charge >= 0.3 is 0 Å². The third-order valence-electron chi connectivity index (χ3n) is 2.64. The van der Waals surface area contributed by atoms with Crippen LogP contribution in [0, 0.1) is 6.92 Å². The van der Waals surface area contributed by atoms with Crippen LogP contribution in [0.4, 0.5) is 0 Å². The van der Waals surface area contributed by atoms with Crippen LogP contribution in [0.3, 0.4) is 0 Å². The van der Waals surface area contributed by atoms with Crippen molar-refractivity contribution in [3.8, 4) is 0 Å². The molecule has 0 atom stereocenters. The lowest BCUT2D eigenvalue weighted by Crippen LogP contribution is -2.01. The molecule has 0 saturated carbocycles. The second-order valence-corrected chi connectivity index (χ2v) is 5.64. The van der Waals surface area contributed by atoms with Gasteiger partial charge in [0.05, 0.1) is 5.01 Å². The standard InChI is InChI=1S/C13H15ClN2S/c1-9-2-3-11(14)6-10(9)7-12-8-16-13(17-12)4-5-15/h2-3,6,8H,4-5,7,15H2,1H3. The second-order valence-electron chi connectivity index (χ2n) is 4.01. The van der Waals surface area contributed by atoms with Crippen LogP contribution >= 0.6 is 22.9 Å². The Balaban J connectivity index is 2.16. The molecule has 0 aliphatic heterocycles.